The van der Waals surface area contributed by atoms with E-state index in [9.17, 15) is 13.6 Å². The minimum Gasteiger partial charge on any atom is -0.463 e. The lowest BCUT2D eigenvalue weighted by atomic mass is 9.86. The summed E-state index contributed by atoms with van der Waals surface area (Å²) >= 11 is 0. The summed E-state index contributed by atoms with van der Waals surface area (Å²) in [6.45, 7) is 3.41. The van der Waals surface area contributed by atoms with E-state index in [0.717, 1.165) is 6.42 Å². The van der Waals surface area contributed by atoms with Gasteiger partial charge in [-0.1, -0.05) is 11.6 Å². The zero-order valence-electron chi connectivity index (χ0n) is 12.6. The van der Waals surface area contributed by atoms with Crippen molar-refractivity contribution in [2.24, 2.45) is 13.0 Å². The summed E-state index contributed by atoms with van der Waals surface area (Å²) in [6, 6.07) is 0. The SMILES string of the molecule is CC(C)OC(=O)CC1CCCCc2c(nnn2C)C1(F)F. The van der Waals surface area contributed by atoms with Gasteiger partial charge in [0.15, 0.2) is 5.69 Å². The fourth-order valence-electron chi connectivity index (χ4n) is 2.72. The lowest BCUT2D eigenvalue weighted by molar-refractivity contribution is -0.154. The number of alkyl halides is 2. The van der Waals surface area contributed by atoms with Gasteiger partial charge in [-0.15, -0.1) is 5.10 Å². The van der Waals surface area contributed by atoms with Crippen LogP contribution in [0.25, 0.3) is 0 Å². The van der Waals surface area contributed by atoms with E-state index in [0.29, 0.717) is 18.5 Å². The normalized spacial score (nSPS) is 21.5. The van der Waals surface area contributed by atoms with Crippen LogP contribution >= 0.6 is 0 Å². The van der Waals surface area contributed by atoms with Gasteiger partial charge in [-0.05, 0) is 33.1 Å². The highest BCUT2D eigenvalue weighted by atomic mass is 19.3. The third-order valence-electron chi connectivity index (χ3n) is 3.77. The average Bonchev–Trinajstić information content (AvgIpc) is 2.72. The quantitative estimate of drug-likeness (QED) is 0.805. The smallest absolute Gasteiger partial charge is 0.306 e. The standard InChI is InChI=1S/C14H21F2N3O2/c1-9(2)21-12(20)8-10-6-4-5-7-11-13(14(10,15)16)17-18-19(11)3/h9-10H,4-8H2,1-3H3. The molecule has 0 amide bonds. The molecule has 7 heteroatoms. The summed E-state index contributed by atoms with van der Waals surface area (Å²) in [5, 5.41) is 7.35. The second-order valence-electron chi connectivity index (χ2n) is 5.82. The molecule has 5 nitrogen and oxygen atoms in total. The Morgan fingerprint density at radius 2 is 2.19 bits per heavy atom. The van der Waals surface area contributed by atoms with Gasteiger partial charge >= 0.3 is 5.97 Å². The van der Waals surface area contributed by atoms with Crippen molar-refractivity contribution < 1.29 is 18.3 Å². The van der Waals surface area contributed by atoms with Crippen LogP contribution in [0.15, 0.2) is 0 Å². The number of hydrogen-bond donors (Lipinski definition) is 0. The molecule has 118 valence electrons. The number of rotatable bonds is 3. The molecule has 0 fully saturated rings. The van der Waals surface area contributed by atoms with E-state index in [4.69, 9.17) is 4.74 Å². The molecule has 0 spiro atoms. The van der Waals surface area contributed by atoms with Crippen molar-refractivity contribution >= 4 is 5.97 Å². The van der Waals surface area contributed by atoms with Gasteiger partial charge in [0.2, 0.25) is 0 Å². The molecule has 2 rings (SSSR count). The number of carbonyl (C=O) groups excluding carboxylic acids is 1. The number of hydrogen-bond acceptors (Lipinski definition) is 4. The molecule has 1 aliphatic rings. The van der Waals surface area contributed by atoms with Crippen LogP contribution in [0.4, 0.5) is 8.78 Å². The monoisotopic (exact) mass is 301 g/mol. The van der Waals surface area contributed by atoms with Gasteiger partial charge in [-0.2, -0.15) is 8.78 Å². The van der Waals surface area contributed by atoms with Crippen LogP contribution in [0.1, 0.15) is 50.9 Å². The second kappa shape index (κ2) is 6.07. The van der Waals surface area contributed by atoms with Gasteiger partial charge in [-0.25, -0.2) is 0 Å². The second-order valence-corrected chi connectivity index (χ2v) is 5.82. The predicted molar refractivity (Wildman–Crippen MR) is 71.8 cm³/mol. The van der Waals surface area contributed by atoms with Crippen molar-refractivity contribution in [3.63, 3.8) is 0 Å². The summed E-state index contributed by atoms with van der Waals surface area (Å²) in [4.78, 5) is 11.7. The van der Waals surface area contributed by atoms with Gasteiger partial charge in [0.25, 0.3) is 5.92 Å². The average molecular weight is 301 g/mol. The van der Waals surface area contributed by atoms with Crippen LogP contribution < -0.4 is 0 Å². The van der Waals surface area contributed by atoms with Gasteiger partial charge in [0, 0.05) is 13.0 Å². The van der Waals surface area contributed by atoms with E-state index < -0.39 is 17.8 Å². The van der Waals surface area contributed by atoms with Crippen molar-refractivity contribution in [1.82, 2.24) is 15.0 Å². The first kappa shape index (κ1) is 15.9. The number of halogens is 2. The Labute approximate surface area is 122 Å². The molecule has 0 saturated carbocycles. The maximum Gasteiger partial charge on any atom is 0.306 e. The van der Waals surface area contributed by atoms with Crippen LogP contribution in [-0.2, 0) is 28.9 Å². The van der Waals surface area contributed by atoms with Crippen molar-refractivity contribution in [3.8, 4) is 0 Å². The van der Waals surface area contributed by atoms with Crippen molar-refractivity contribution in [2.75, 3.05) is 0 Å². The zero-order valence-corrected chi connectivity index (χ0v) is 12.6. The molecule has 1 heterocycles. The lowest BCUT2D eigenvalue weighted by Crippen LogP contribution is -2.32. The van der Waals surface area contributed by atoms with E-state index in [1.54, 1.807) is 20.9 Å². The van der Waals surface area contributed by atoms with Crippen molar-refractivity contribution in [3.05, 3.63) is 11.4 Å². The van der Waals surface area contributed by atoms with Crippen LogP contribution in [-0.4, -0.2) is 27.1 Å². The molecule has 0 saturated heterocycles. The first-order chi connectivity index (χ1) is 9.82. The van der Waals surface area contributed by atoms with Crippen molar-refractivity contribution in [2.45, 2.75) is 58.0 Å². The predicted octanol–water partition coefficient (Wildman–Crippen LogP) is 2.59. The number of fused-ring (bicyclic) bond motifs is 1. The Kier molecular flexibility index (Phi) is 4.58. The Morgan fingerprint density at radius 3 is 2.86 bits per heavy atom. The highest BCUT2D eigenvalue weighted by molar-refractivity contribution is 5.70. The third kappa shape index (κ3) is 3.39. The van der Waals surface area contributed by atoms with Crippen LogP contribution in [0.5, 0.6) is 0 Å². The molecule has 1 aromatic heterocycles. The number of ether oxygens (including phenoxy) is 1. The van der Waals surface area contributed by atoms with Crippen molar-refractivity contribution in [1.29, 1.82) is 0 Å². The van der Waals surface area contributed by atoms with Gasteiger partial charge in [0.1, 0.15) is 0 Å². The van der Waals surface area contributed by atoms with Gasteiger partial charge in [0.05, 0.1) is 18.2 Å². The molecular weight excluding hydrogens is 280 g/mol. The fourth-order valence-corrected chi connectivity index (χ4v) is 2.72. The summed E-state index contributed by atoms with van der Waals surface area (Å²) in [7, 11) is 1.62. The highest BCUT2D eigenvalue weighted by Gasteiger charge is 2.47. The van der Waals surface area contributed by atoms with Gasteiger partial charge in [-0.3, -0.25) is 9.48 Å². The Hall–Kier alpha value is -1.53. The molecule has 1 aliphatic carbocycles. The molecule has 0 bridgehead atoms. The Bertz CT molecular complexity index is 514. The molecule has 0 N–H and O–H groups in total. The number of esters is 1. The maximum atomic E-state index is 14.7. The Balaban J connectivity index is 2.24. The third-order valence-corrected chi connectivity index (χ3v) is 3.77. The Morgan fingerprint density at radius 1 is 1.48 bits per heavy atom. The summed E-state index contributed by atoms with van der Waals surface area (Å²) in [5.41, 5.74) is 0.175. The van der Waals surface area contributed by atoms with E-state index in [-0.39, 0.29) is 24.6 Å². The fraction of sp³-hybridized carbons (Fsp3) is 0.786. The van der Waals surface area contributed by atoms with Crippen LogP contribution in [0.3, 0.4) is 0 Å². The van der Waals surface area contributed by atoms with Gasteiger partial charge < -0.3 is 4.74 Å². The molecule has 0 aliphatic heterocycles. The minimum atomic E-state index is -3.15. The van der Waals surface area contributed by atoms with Crippen LogP contribution in [0, 0.1) is 5.92 Å². The molecule has 0 radical (unpaired) electrons. The van der Waals surface area contributed by atoms with E-state index >= 15 is 0 Å². The summed E-state index contributed by atoms with van der Waals surface area (Å²) < 4.78 is 35.8. The van der Waals surface area contributed by atoms with E-state index in [1.165, 1.54) is 4.68 Å². The number of aromatic nitrogens is 3. The molecule has 21 heavy (non-hydrogen) atoms. The zero-order chi connectivity index (χ0) is 15.6. The molecule has 0 aromatic carbocycles. The number of carbonyl (C=O) groups is 1. The van der Waals surface area contributed by atoms with E-state index in [1.807, 2.05) is 0 Å². The topological polar surface area (TPSA) is 57.0 Å². The first-order valence-corrected chi connectivity index (χ1v) is 7.28. The number of nitrogens with zero attached hydrogens (tertiary/aromatic N) is 3. The summed E-state index contributed by atoms with van der Waals surface area (Å²) in [6.07, 6.45) is 1.68. The largest absolute Gasteiger partial charge is 0.463 e. The van der Waals surface area contributed by atoms with Crippen LogP contribution in [0.2, 0.25) is 0 Å². The maximum absolute atomic E-state index is 14.7. The van der Waals surface area contributed by atoms with E-state index in [2.05, 4.69) is 10.3 Å². The molecule has 1 unspecified atom stereocenters. The molecular formula is C14H21F2N3O2. The molecule has 1 atom stereocenters. The number of aryl methyl sites for hydroxylation is 1. The molecule has 1 aromatic rings. The first-order valence-electron chi connectivity index (χ1n) is 7.28. The minimum absolute atomic E-state index is 0.285. The highest BCUT2D eigenvalue weighted by Crippen LogP contribution is 2.42. The summed E-state index contributed by atoms with van der Waals surface area (Å²) in [5.74, 6) is -4.82. The lowest BCUT2D eigenvalue weighted by Gasteiger charge is -2.27.